The highest BCUT2D eigenvalue weighted by molar-refractivity contribution is 5.69. The van der Waals surface area contributed by atoms with Crippen LogP contribution in [-0.4, -0.2) is 60.8 Å². The Balaban J connectivity index is 1.58. The number of amides is 1. The van der Waals surface area contributed by atoms with Crippen molar-refractivity contribution in [3.63, 3.8) is 0 Å². The molecule has 5 heteroatoms. The normalized spacial score (nSPS) is 24.8. The fourth-order valence-corrected chi connectivity index (χ4v) is 3.44. The maximum Gasteiger partial charge on any atom is 0.407 e. The molecule has 1 aromatic rings. The summed E-state index contributed by atoms with van der Waals surface area (Å²) in [5.74, 6) is 0.413. The molecule has 2 unspecified atom stereocenters. The fraction of sp³-hybridized carbons (Fsp3) is 0.650. The molecule has 2 fully saturated rings. The molecule has 0 spiro atoms. The van der Waals surface area contributed by atoms with E-state index in [-0.39, 0.29) is 12.1 Å². The van der Waals surface area contributed by atoms with Gasteiger partial charge in [0.05, 0.1) is 0 Å². The van der Waals surface area contributed by atoms with Gasteiger partial charge in [0.1, 0.15) is 5.60 Å². The van der Waals surface area contributed by atoms with Crippen LogP contribution < -0.4 is 5.32 Å². The molecule has 1 aliphatic heterocycles. The highest BCUT2D eigenvalue weighted by Gasteiger charge is 2.41. The molecular formula is C20H31N3O2. The highest BCUT2D eigenvalue weighted by atomic mass is 16.6. The van der Waals surface area contributed by atoms with Crippen LogP contribution in [0.2, 0.25) is 0 Å². The lowest BCUT2D eigenvalue weighted by atomic mass is 10.0. The first-order chi connectivity index (χ1) is 11.8. The quantitative estimate of drug-likeness (QED) is 0.911. The Morgan fingerprint density at radius 3 is 2.56 bits per heavy atom. The van der Waals surface area contributed by atoms with Crippen LogP contribution in [0.5, 0.6) is 0 Å². The van der Waals surface area contributed by atoms with Gasteiger partial charge in [0, 0.05) is 44.7 Å². The lowest BCUT2D eigenvalue weighted by molar-refractivity contribution is 0.0523. The van der Waals surface area contributed by atoms with Crippen LogP contribution in [0, 0.1) is 0 Å². The predicted molar refractivity (Wildman–Crippen MR) is 99.7 cm³/mol. The van der Waals surface area contributed by atoms with Gasteiger partial charge in [-0.15, -0.1) is 0 Å². The first-order valence-corrected chi connectivity index (χ1v) is 9.30. The third-order valence-corrected chi connectivity index (χ3v) is 4.94. The Labute approximate surface area is 151 Å². The average molecular weight is 345 g/mol. The molecule has 1 heterocycles. The van der Waals surface area contributed by atoms with Crippen LogP contribution in [0.4, 0.5) is 4.79 Å². The number of ether oxygens (including phenoxy) is 1. The number of benzene rings is 1. The van der Waals surface area contributed by atoms with E-state index in [0.717, 1.165) is 39.1 Å². The Hall–Kier alpha value is -1.59. The first kappa shape index (κ1) is 18.2. The summed E-state index contributed by atoms with van der Waals surface area (Å²) < 4.78 is 5.37. The number of carbonyl (C=O) groups excluding carboxylic acids is 1. The van der Waals surface area contributed by atoms with E-state index >= 15 is 0 Å². The molecule has 0 bridgehead atoms. The molecule has 5 nitrogen and oxygen atoms in total. The smallest absolute Gasteiger partial charge is 0.407 e. The van der Waals surface area contributed by atoms with Crippen molar-refractivity contribution in [2.45, 2.75) is 51.3 Å². The van der Waals surface area contributed by atoms with E-state index in [2.05, 4.69) is 46.4 Å². The van der Waals surface area contributed by atoms with Gasteiger partial charge < -0.3 is 15.0 Å². The summed E-state index contributed by atoms with van der Waals surface area (Å²) >= 11 is 0. The Kier molecular flexibility index (Phi) is 5.35. The molecule has 3 rings (SSSR count). The number of hydrogen-bond donors (Lipinski definition) is 1. The molecule has 1 amide bonds. The molecule has 1 aromatic carbocycles. The van der Waals surface area contributed by atoms with Crippen LogP contribution in [0.3, 0.4) is 0 Å². The van der Waals surface area contributed by atoms with E-state index in [1.807, 2.05) is 20.8 Å². The molecule has 1 N–H and O–H groups in total. The number of alkyl carbamates (subject to hydrolysis) is 1. The molecule has 0 radical (unpaired) electrons. The van der Waals surface area contributed by atoms with Gasteiger partial charge in [-0.1, -0.05) is 24.3 Å². The lowest BCUT2D eigenvalue weighted by Crippen LogP contribution is -2.44. The van der Waals surface area contributed by atoms with Gasteiger partial charge in [-0.05, 0) is 45.4 Å². The highest BCUT2D eigenvalue weighted by Crippen LogP contribution is 2.42. The van der Waals surface area contributed by atoms with Crippen molar-refractivity contribution in [1.82, 2.24) is 15.1 Å². The fourth-order valence-electron chi connectivity index (χ4n) is 3.44. The number of piperazine rings is 1. The van der Waals surface area contributed by atoms with Crippen molar-refractivity contribution in [1.29, 1.82) is 0 Å². The molecule has 1 saturated heterocycles. The average Bonchev–Trinajstić information content (AvgIpc) is 3.27. The van der Waals surface area contributed by atoms with Crippen molar-refractivity contribution in [2.75, 3.05) is 33.2 Å². The van der Waals surface area contributed by atoms with E-state index < -0.39 is 5.60 Å². The van der Waals surface area contributed by atoms with Gasteiger partial charge in [0.25, 0.3) is 0 Å². The van der Waals surface area contributed by atoms with E-state index in [1.165, 1.54) is 11.1 Å². The van der Waals surface area contributed by atoms with E-state index in [1.54, 1.807) is 0 Å². The molecular weight excluding hydrogens is 314 g/mol. The Bertz CT molecular complexity index is 603. The maximum atomic E-state index is 12.0. The second-order valence-electron chi connectivity index (χ2n) is 8.37. The molecule has 25 heavy (non-hydrogen) atoms. The van der Waals surface area contributed by atoms with Crippen molar-refractivity contribution in [3.05, 3.63) is 35.4 Å². The summed E-state index contributed by atoms with van der Waals surface area (Å²) in [6.07, 6.45) is 0.690. The number of hydrogen-bond acceptors (Lipinski definition) is 4. The Morgan fingerprint density at radius 1 is 1.20 bits per heavy atom. The van der Waals surface area contributed by atoms with E-state index in [0.29, 0.717) is 5.92 Å². The second-order valence-corrected chi connectivity index (χ2v) is 8.37. The minimum absolute atomic E-state index is 0.198. The van der Waals surface area contributed by atoms with Crippen molar-refractivity contribution in [2.24, 2.45) is 0 Å². The van der Waals surface area contributed by atoms with Crippen LogP contribution in [-0.2, 0) is 11.3 Å². The summed E-state index contributed by atoms with van der Waals surface area (Å²) in [5.41, 5.74) is 2.32. The number of rotatable bonds is 4. The van der Waals surface area contributed by atoms with Gasteiger partial charge in [-0.25, -0.2) is 4.79 Å². The molecule has 2 atom stereocenters. The van der Waals surface area contributed by atoms with Crippen molar-refractivity contribution in [3.8, 4) is 0 Å². The van der Waals surface area contributed by atoms with Crippen molar-refractivity contribution < 1.29 is 9.53 Å². The monoisotopic (exact) mass is 345 g/mol. The van der Waals surface area contributed by atoms with Gasteiger partial charge in [0.2, 0.25) is 0 Å². The van der Waals surface area contributed by atoms with Crippen LogP contribution in [0.25, 0.3) is 0 Å². The van der Waals surface area contributed by atoms with Crippen molar-refractivity contribution >= 4 is 6.09 Å². The third kappa shape index (κ3) is 5.19. The summed E-state index contributed by atoms with van der Waals surface area (Å²) in [5, 5.41) is 3.01. The number of carbonyl (C=O) groups is 1. The second kappa shape index (κ2) is 7.34. The molecule has 0 aromatic heterocycles. The number of nitrogens with one attached hydrogen (secondary N) is 1. The van der Waals surface area contributed by atoms with E-state index in [4.69, 9.17) is 4.74 Å². The van der Waals surface area contributed by atoms with Crippen LogP contribution in [0.15, 0.2) is 24.3 Å². The largest absolute Gasteiger partial charge is 0.444 e. The zero-order valence-corrected chi connectivity index (χ0v) is 15.9. The predicted octanol–water partition coefficient (Wildman–Crippen LogP) is 2.81. The molecule has 1 aliphatic carbocycles. The minimum Gasteiger partial charge on any atom is -0.444 e. The topological polar surface area (TPSA) is 44.8 Å². The Morgan fingerprint density at radius 2 is 1.88 bits per heavy atom. The summed E-state index contributed by atoms with van der Waals surface area (Å²) in [7, 11) is 2.18. The summed E-state index contributed by atoms with van der Waals surface area (Å²) in [6.45, 7) is 11.2. The molecule has 1 saturated carbocycles. The molecule has 2 aliphatic rings. The SMILES string of the molecule is CN1CCN(Cc2ccccc2C2CC2NC(=O)OC(C)(C)C)CC1. The lowest BCUT2D eigenvalue weighted by Gasteiger charge is -2.32. The van der Waals surface area contributed by atoms with Crippen LogP contribution in [0.1, 0.15) is 44.2 Å². The van der Waals surface area contributed by atoms with Gasteiger partial charge >= 0.3 is 6.09 Å². The maximum absolute atomic E-state index is 12.0. The zero-order valence-electron chi connectivity index (χ0n) is 15.9. The number of nitrogens with zero attached hydrogens (tertiary/aromatic N) is 2. The zero-order chi connectivity index (χ0) is 18.0. The van der Waals surface area contributed by atoms with Gasteiger partial charge in [-0.3, -0.25) is 4.90 Å². The number of likely N-dealkylation sites (N-methyl/N-ethyl adjacent to an activating group) is 1. The van der Waals surface area contributed by atoms with Gasteiger partial charge in [0.15, 0.2) is 0 Å². The van der Waals surface area contributed by atoms with Crippen LogP contribution >= 0.6 is 0 Å². The van der Waals surface area contributed by atoms with Gasteiger partial charge in [-0.2, -0.15) is 0 Å². The summed E-state index contributed by atoms with van der Waals surface area (Å²) in [6, 6.07) is 8.87. The third-order valence-electron chi connectivity index (χ3n) is 4.94. The minimum atomic E-state index is -0.451. The molecule has 138 valence electrons. The summed E-state index contributed by atoms with van der Waals surface area (Å²) in [4.78, 5) is 16.9. The van der Waals surface area contributed by atoms with E-state index in [9.17, 15) is 4.79 Å². The first-order valence-electron chi connectivity index (χ1n) is 9.30. The standard InChI is InChI=1S/C20H31N3O2/c1-20(2,3)25-19(24)21-18-13-17(18)16-8-6-5-7-15(16)14-23-11-9-22(4)10-12-23/h5-8,17-18H,9-14H2,1-4H3,(H,21,24).